The number of hydrogen-bond donors (Lipinski definition) is 0. The highest BCUT2D eigenvalue weighted by Crippen LogP contribution is 2.51. The predicted molar refractivity (Wildman–Crippen MR) is 111 cm³/mol. The van der Waals surface area contributed by atoms with Gasteiger partial charge in [-0.3, -0.25) is 0 Å². The molecule has 27 heavy (non-hydrogen) atoms. The van der Waals surface area contributed by atoms with E-state index in [1.165, 1.54) is 38.9 Å². The lowest BCUT2D eigenvalue weighted by Gasteiger charge is -2.18. The zero-order valence-corrected chi connectivity index (χ0v) is 15.2. The molecule has 1 nitrogen and oxygen atoms in total. The van der Waals surface area contributed by atoms with Crippen LogP contribution in [0.15, 0.2) is 97.1 Å². The molecule has 0 heterocycles. The Morgan fingerprint density at radius 1 is 0.593 bits per heavy atom. The summed E-state index contributed by atoms with van der Waals surface area (Å²) >= 11 is 0. The second-order valence-electron chi connectivity index (χ2n) is 6.93. The Morgan fingerprint density at radius 3 is 2.04 bits per heavy atom. The Kier molecular flexibility index (Phi) is 3.79. The van der Waals surface area contributed by atoms with Gasteiger partial charge in [0.1, 0.15) is 5.75 Å². The number of methoxy groups -OCH3 is 1. The van der Waals surface area contributed by atoms with E-state index in [1.807, 2.05) is 0 Å². The van der Waals surface area contributed by atoms with Crippen molar-refractivity contribution in [3.05, 3.63) is 114 Å². The SMILES string of the molecule is COc1ccc(C2c3ccccc3-c3cccc(-c4ccccc4)c32)cc1. The van der Waals surface area contributed by atoms with E-state index in [4.69, 9.17) is 4.74 Å². The summed E-state index contributed by atoms with van der Waals surface area (Å²) in [5.74, 6) is 1.13. The molecule has 5 rings (SSSR count). The molecule has 1 aliphatic carbocycles. The van der Waals surface area contributed by atoms with Gasteiger partial charge in [-0.2, -0.15) is 0 Å². The summed E-state index contributed by atoms with van der Waals surface area (Å²) in [6.45, 7) is 0. The highest BCUT2D eigenvalue weighted by atomic mass is 16.5. The first-order chi connectivity index (χ1) is 13.4. The van der Waals surface area contributed by atoms with Crippen LogP contribution < -0.4 is 4.74 Å². The van der Waals surface area contributed by atoms with Crippen molar-refractivity contribution in [1.29, 1.82) is 0 Å². The summed E-state index contributed by atoms with van der Waals surface area (Å²) in [6.07, 6.45) is 0. The standard InChI is InChI=1S/C26H20O/c1-27-20-16-14-19(15-17-20)25-23-11-6-5-10-22(23)24-13-7-12-21(26(24)25)18-8-3-2-4-9-18/h2-17,25H,1H3. The van der Waals surface area contributed by atoms with Crippen LogP contribution in [-0.4, -0.2) is 7.11 Å². The first kappa shape index (κ1) is 15.9. The average Bonchev–Trinajstić information content (AvgIpc) is 3.09. The largest absolute Gasteiger partial charge is 0.497 e. The van der Waals surface area contributed by atoms with Gasteiger partial charge in [0.25, 0.3) is 0 Å². The van der Waals surface area contributed by atoms with Gasteiger partial charge < -0.3 is 4.74 Å². The Hall–Kier alpha value is -3.32. The van der Waals surface area contributed by atoms with Gasteiger partial charge in [0.05, 0.1) is 7.11 Å². The molecule has 4 aromatic carbocycles. The molecule has 1 atom stereocenters. The highest BCUT2D eigenvalue weighted by molar-refractivity contribution is 5.88. The van der Waals surface area contributed by atoms with Crippen molar-refractivity contribution < 1.29 is 4.74 Å². The molecule has 4 aromatic rings. The minimum absolute atomic E-state index is 0.235. The summed E-state index contributed by atoms with van der Waals surface area (Å²) in [6, 6.07) is 34.6. The van der Waals surface area contributed by atoms with Gasteiger partial charge in [0.2, 0.25) is 0 Å². The van der Waals surface area contributed by atoms with Crippen LogP contribution in [-0.2, 0) is 0 Å². The molecule has 0 aromatic heterocycles. The van der Waals surface area contributed by atoms with Gasteiger partial charge in [-0.25, -0.2) is 0 Å². The molecule has 0 bridgehead atoms. The van der Waals surface area contributed by atoms with E-state index in [1.54, 1.807) is 7.11 Å². The molecular weight excluding hydrogens is 328 g/mol. The minimum Gasteiger partial charge on any atom is -0.497 e. The normalized spacial score (nSPS) is 14.5. The lowest BCUT2D eigenvalue weighted by atomic mass is 9.85. The van der Waals surface area contributed by atoms with Crippen LogP contribution in [0, 0.1) is 0 Å². The first-order valence-corrected chi connectivity index (χ1v) is 9.28. The summed E-state index contributed by atoms with van der Waals surface area (Å²) in [7, 11) is 1.71. The third-order valence-electron chi connectivity index (χ3n) is 5.49. The monoisotopic (exact) mass is 348 g/mol. The fraction of sp³-hybridized carbons (Fsp3) is 0.0769. The van der Waals surface area contributed by atoms with Crippen molar-refractivity contribution in [2.75, 3.05) is 7.11 Å². The van der Waals surface area contributed by atoms with Crippen molar-refractivity contribution in [1.82, 2.24) is 0 Å². The quantitative estimate of drug-likeness (QED) is 0.360. The Morgan fingerprint density at radius 2 is 1.26 bits per heavy atom. The molecular formula is C26H20O. The van der Waals surface area contributed by atoms with Crippen molar-refractivity contribution in [3.8, 4) is 28.0 Å². The molecule has 0 spiro atoms. The average molecular weight is 348 g/mol. The van der Waals surface area contributed by atoms with Crippen LogP contribution >= 0.6 is 0 Å². The highest BCUT2D eigenvalue weighted by Gasteiger charge is 2.31. The van der Waals surface area contributed by atoms with Crippen LogP contribution in [0.1, 0.15) is 22.6 Å². The predicted octanol–water partition coefficient (Wildman–Crippen LogP) is 6.52. The van der Waals surface area contributed by atoms with Gasteiger partial charge >= 0.3 is 0 Å². The van der Waals surface area contributed by atoms with Gasteiger partial charge in [0, 0.05) is 5.92 Å². The Labute approximate surface area is 159 Å². The summed E-state index contributed by atoms with van der Waals surface area (Å²) < 4.78 is 5.36. The molecule has 0 aliphatic heterocycles. The minimum atomic E-state index is 0.235. The van der Waals surface area contributed by atoms with E-state index in [0.717, 1.165) is 5.75 Å². The van der Waals surface area contributed by atoms with Crippen molar-refractivity contribution in [2.24, 2.45) is 0 Å². The summed E-state index contributed by atoms with van der Waals surface area (Å²) in [5.41, 5.74) is 9.33. The van der Waals surface area contributed by atoms with Crippen LogP contribution in [0.2, 0.25) is 0 Å². The lowest BCUT2D eigenvalue weighted by molar-refractivity contribution is 0.414. The van der Waals surface area contributed by atoms with E-state index in [2.05, 4.69) is 97.1 Å². The number of benzene rings is 4. The third-order valence-corrected chi connectivity index (χ3v) is 5.49. The molecule has 0 N–H and O–H groups in total. The summed E-state index contributed by atoms with van der Waals surface area (Å²) in [4.78, 5) is 0. The molecule has 0 saturated carbocycles. The van der Waals surface area contributed by atoms with Crippen LogP contribution in [0.25, 0.3) is 22.3 Å². The first-order valence-electron chi connectivity index (χ1n) is 9.28. The smallest absolute Gasteiger partial charge is 0.118 e. The molecule has 130 valence electrons. The number of fused-ring (bicyclic) bond motifs is 3. The molecule has 1 unspecified atom stereocenters. The van der Waals surface area contributed by atoms with Gasteiger partial charge in [0.15, 0.2) is 0 Å². The number of rotatable bonds is 3. The van der Waals surface area contributed by atoms with E-state index >= 15 is 0 Å². The van der Waals surface area contributed by atoms with E-state index < -0.39 is 0 Å². The third kappa shape index (κ3) is 2.55. The van der Waals surface area contributed by atoms with Crippen molar-refractivity contribution in [2.45, 2.75) is 5.92 Å². The second kappa shape index (κ2) is 6.44. The summed E-state index contributed by atoms with van der Waals surface area (Å²) in [5, 5.41) is 0. The maximum atomic E-state index is 5.36. The van der Waals surface area contributed by atoms with Crippen LogP contribution in [0.5, 0.6) is 5.75 Å². The number of ether oxygens (including phenoxy) is 1. The zero-order valence-electron chi connectivity index (χ0n) is 15.2. The Balaban J connectivity index is 1.77. The maximum Gasteiger partial charge on any atom is 0.118 e. The van der Waals surface area contributed by atoms with Crippen LogP contribution in [0.4, 0.5) is 0 Å². The van der Waals surface area contributed by atoms with Gasteiger partial charge in [-0.05, 0) is 51.1 Å². The zero-order chi connectivity index (χ0) is 18.2. The molecule has 0 amide bonds. The topological polar surface area (TPSA) is 9.23 Å². The molecule has 0 saturated heterocycles. The fourth-order valence-corrected chi connectivity index (χ4v) is 4.27. The van der Waals surface area contributed by atoms with Crippen LogP contribution in [0.3, 0.4) is 0 Å². The van der Waals surface area contributed by atoms with E-state index in [0.29, 0.717) is 0 Å². The molecule has 0 fully saturated rings. The van der Waals surface area contributed by atoms with Gasteiger partial charge in [-0.15, -0.1) is 0 Å². The molecule has 0 radical (unpaired) electrons. The second-order valence-corrected chi connectivity index (χ2v) is 6.93. The van der Waals surface area contributed by atoms with Crippen molar-refractivity contribution >= 4 is 0 Å². The lowest BCUT2D eigenvalue weighted by Crippen LogP contribution is -2.01. The molecule has 1 heteroatoms. The van der Waals surface area contributed by atoms with E-state index in [-0.39, 0.29) is 5.92 Å². The fourth-order valence-electron chi connectivity index (χ4n) is 4.27. The van der Waals surface area contributed by atoms with Crippen molar-refractivity contribution in [3.63, 3.8) is 0 Å². The maximum absolute atomic E-state index is 5.36. The van der Waals surface area contributed by atoms with Gasteiger partial charge in [-0.1, -0.05) is 84.9 Å². The van der Waals surface area contributed by atoms with E-state index in [9.17, 15) is 0 Å². The molecule has 1 aliphatic rings. The number of hydrogen-bond acceptors (Lipinski definition) is 1. The Bertz CT molecular complexity index is 1090.